The van der Waals surface area contributed by atoms with Crippen LogP contribution in [0.25, 0.3) is 21.2 Å². The van der Waals surface area contributed by atoms with Crippen LogP contribution >= 0.6 is 22.9 Å². The van der Waals surface area contributed by atoms with Crippen LogP contribution in [-0.2, 0) is 24.4 Å². The largest absolute Gasteiger partial charge is 0.479 e. The molecule has 0 radical (unpaired) electrons. The number of carboxylic acids is 2. The van der Waals surface area contributed by atoms with Crippen LogP contribution in [0.15, 0.2) is 81.3 Å². The number of likely N-dealkylation sites (tertiary alicyclic amines) is 1. The topological polar surface area (TPSA) is 240 Å². The summed E-state index contributed by atoms with van der Waals surface area (Å²) in [5.74, 6) is -3.87. The Morgan fingerprint density at radius 3 is 2.50 bits per heavy atom. The lowest BCUT2D eigenvalue weighted by molar-refractivity contribution is -0.139. The second kappa shape index (κ2) is 18.4. The van der Waals surface area contributed by atoms with E-state index in [9.17, 15) is 37.5 Å². The molecule has 0 saturated carbocycles. The number of halogens is 1. The number of fused-ring (bicyclic) bond motifs is 1. The molecular formula is C49H49ClN8O10S2. The fourth-order valence-electron chi connectivity index (χ4n) is 10.8. The summed E-state index contributed by atoms with van der Waals surface area (Å²) in [5, 5.41) is 26.6. The third-order valence-corrected chi connectivity index (χ3v) is 17.6. The number of nitrogens with zero attached hydrogens (tertiary/aromatic N) is 6. The van der Waals surface area contributed by atoms with Gasteiger partial charge in [0.15, 0.2) is 23.4 Å². The molecule has 7 heterocycles. The summed E-state index contributed by atoms with van der Waals surface area (Å²) >= 11 is 7.43. The van der Waals surface area contributed by atoms with Gasteiger partial charge in [-0.25, -0.2) is 18.0 Å². The zero-order valence-corrected chi connectivity index (χ0v) is 40.5. The molecule has 4 atom stereocenters. The number of sulfonamides is 1. The number of anilines is 2. The minimum Gasteiger partial charge on any atom is -0.479 e. The molecule has 0 bridgehead atoms. The molecular weight excluding hydrogens is 960 g/mol. The molecule has 18 nitrogen and oxygen atoms in total. The number of hydrogen-bond donors (Lipinski definition) is 4. The number of ether oxygens (including phenoxy) is 1. The molecule has 0 aliphatic carbocycles. The predicted molar refractivity (Wildman–Crippen MR) is 267 cm³/mol. The number of piperidine rings is 3. The zero-order chi connectivity index (χ0) is 49.2. The van der Waals surface area contributed by atoms with Crippen molar-refractivity contribution in [3.63, 3.8) is 0 Å². The molecule has 1 aromatic heterocycles. The maximum Gasteiger partial charge on any atom is 0.349 e. The van der Waals surface area contributed by atoms with Crippen LogP contribution in [0.5, 0.6) is 5.75 Å². The van der Waals surface area contributed by atoms with Crippen LogP contribution in [0, 0.1) is 0 Å². The second-order valence-electron chi connectivity index (χ2n) is 18.9. The van der Waals surface area contributed by atoms with Gasteiger partial charge in [0, 0.05) is 66.7 Å². The maximum absolute atomic E-state index is 14.2. The number of rotatable bonds is 13. The third kappa shape index (κ3) is 8.85. The molecule has 70 heavy (non-hydrogen) atoms. The number of aromatic carboxylic acids is 1. The predicted octanol–water partition coefficient (Wildman–Crippen LogP) is 6.20. The molecule has 3 amide bonds. The van der Waals surface area contributed by atoms with Gasteiger partial charge in [-0.05, 0) is 98.7 Å². The van der Waals surface area contributed by atoms with E-state index in [1.807, 2.05) is 56.5 Å². The third-order valence-electron chi connectivity index (χ3n) is 13.9. The highest BCUT2D eigenvalue weighted by Crippen LogP contribution is 2.47. The smallest absolute Gasteiger partial charge is 0.349 e. The van der Waals surface area contributed by atoms with Gasteiger partial charge in [0.2, 0.25) is 21.8 Å². The first-order chi connectivity index (χ1) is 33.5. The number of carbonyl (C=O) groups excluding carboxylic acids is 3. The van der Waals surface area contributed by atoms with Crippen molar-refractivity contribution in [3.05, 3.63) is 87.4 Å². The maximum atomic E-state index is 14.2. The lowest BCUT2D eigenvalue weighted by Gasteiger charge is -2.45. The van der Waals surface area contributed by atoms with Crippen molar-refractivity contribution in [2.45, 2.75) is 88.1 Å². The van der Waals surface area contributed by atoms with Crippen LogP contribution in [0.2, 0.25) is 5.02 Å². The number of carbonyl (C=O) groups is 5. The molecule has 3 aromatic carbocycles. The minimum absolute atomic E-state index is 0.00391. The van der Waals surface area contributed by atoms with Gasteiger partial charge in [-0.3, -0.25) is 39.6 Å². The highest BCUT2D eigenvalue weighted by atomic mass is 35.5. The van der Waals surface area contributed by atoms with Crippen LogP contribution in [0.1, 0.15) is 83.9 Å². The summed E-state index contributed by atoms with van der Waals surface area (Å²) in [7, 11) is -3.84. The summed E-state index contributed by atoms with van der Waals surface area (Å²) in [4.78, 5) is 79.7. The van der Waals surface area contributed by atoms with E-state index in [1.54, 1.807) is 27.4 Å². The zero-order valence-electron chi connectivity index (χ0n) is 38.1. The first kappa shape index (κ1) is 47.2. The van der Waals surface area contributed by atoms with Crippen molar-refractivity contribution in [1.82, 2.24) is 14.5 Å². The normalized spacial score (nSPS) is 23.5. The summed E-state index contributed by atoms with van der Waals surface area (Å²) < 4.78 is 35.1. The monoisotopic (exact) mass is 1010 g/mol. The number of nitrogens with one attached hydrogen (secondary N) is 2. The number of aliphatic imine (C=N–C) groups is 3. The molecule has 10 rings (SSSR count). The molecule has 3 fully saturated rings. The van der Waals surface area contributed by atoms with Crippen LogP contribution in [0.3, 0.4) is 0 Å². The van der Waals surface area contributed by atoms with E-state index < -0.39 is 58.3 Å². The number of carboxylic acid groups (broad SMARTS) is 2. The highest BCUT2D eigenvalue weighted by Gasteiger charge is 2.44. The van der Waals surface area contributed by atoms with Gasteiger partial charge < -0.3 is 25.2 Å². The number of amides is 3. The van der Waals surface area contributed by atoms with E-state index in [2.05, 4.69) is 26.6 Å². The van der Waals surface area contributed by atoms with Crippen molar-refractivity contribution in [3.8, 4) is 16.2 Å². The summed E-state index contributed by atoms with van der Waals surface area (Å²) in [6, 6.07) is 15.6. The van der Waals surface area contributed by atoms with Crippen molar-refractivity contribution < 1.29 is 47.3 Å². The number of benzene rings is 3. The quantitative estimate of drug-likeness (QED) is 0.110. The number of allylic oxidation sites excluding steroid dienone is 1. The first-order valence-electron chi connectivity index (χ1n) is 23.1. The number of imide groups is 1. The lowest BCUT2D eigenvalue weighted by atomic mass is 9.85. The van der Waals surface area contributed by atoms with E-state index in [-0.39, 0.29) is 64.6 Å². The van der Waals surface area contributed by atoms with Crippen LogP contribution in [-0.4, -0.2) is 137 Å². The Morgan fingerprint density at radius 1 is 0.986 bits per heavy atom. The van der Waals surface area contributed by atoms with Gasteiger partial charge in [-0.1, -0.05) is 41.9 Å². The van der Waals surface area contributed by atoms with Crippen molar-refractivity contribution in [2.24, 2.45) is 15.0 Å². The number of hydrogen-bond acceptors (Lipinski definition) is 14. The minimum atomic E-state index is -3.84. The fourth-order valence-corrected chi connectivity index (χ4v) is 14.0. The van der Waals surface area contributed by atoms with Crippen LogP contribution < -0.4 is 20.3 Å². The average Bonchev–Trinajstić information content (AvgIpc) is 3.81. The first-order valence-corrected chi connectivity index (χ1v) is 25.9. The molecule has 3 saturated heterocycles. The van der Waals surface area contributed by atoms with E-state index in [0.29, 0.717) is 40.2 Å². The molecule has 4 aromatic rings. The standard InChI is InChI=1S/C49H49ClN8O10S2/c1-49(2)21-29(53-28-6-3-5-27(19-28)43-41(50)42(68-24-39(60)61)44(69-43)48(64)65)15-18-57(49)70(66,67)25-30-22-51-45-35(54-30)20-31(23-52-45)56-16-13-26(14-17-56)32-9-10-36-40-33(32)7-4-8-34(40)47(63)58(36)37-11-12-38(59)55-46(37)62/h3-10,19-20,22-23,26,29,35,37,45,53H,11-18,21,24-25H2,1-2H3,(H,60,61)(H,64,65)(H,55,59,62). The Balaban J connectivity index is 0.771. The SMILES string of the molecule is CC1(C)CC(Nc2cccc(-c3sc(C(=O)O)c(OCC(=O)O)c3Cl)c2)CCN1S(=O)(=O)CC1=NC2C=C(N3CCC(c4ccc5c6c(cccc46)C(=O)N5C4CCC(=O)NC4=O)CC3)C=NC2N=C1. The molecule has 4 unspecified atom stereocenters. The molecule has 6 aliphatic rings. The Labute approximate surface area is 411 Å². The molecule has 4 N–H and O–H groups in total. The summed E-state index contributed by atoms with van der Waals surface area (Å²) in [5.41, 5.74) is 4.23. The van der Waals surface area contributed by atoms with Gasteiger partial charge >= 0.3 is 11.9 Å². The van der Waals surface area contributed by atoms with Crippen molar-refractivity contribution >= 4 is 103 Å². The number of aliphatic carboxylic acids is 1. The number of dihydropyridines is 1. The van der Waals surface area contributed by atoms with Crippen molar-refractivity contribution in [2.75, 3.05) is 42.2 Å². The summed E-state index contributed by atoms with van der Waals surface area (Å²) in [6.45, 7) is 4.80. The number of thiophene rings is 1. The summed E-state index contributed by atoms with van der Waals surface area (Å²) in [6.07, 6.45) is 8.02. The average molecular weight is 1010 g/mol. The van der Waals surface area contributed by atoms with E-state index in [4.69, 9.17) is 31.4 Å². The molecule has 6 aliphatic heterocycles. The molecule has 21 heteroatoms. The second-order valence-corrected chi connectivity index (χ2v) is 22.2. The van der Waals surface area contributed by atoms with E-state index >= 15 is 0 Å². The van der Waals surface area contributed by atoms with Gasteiger partial charge in [-0.2, -0.15) is 4.31 Å². The lowest BCUT2D eigenvalue weighted by Crippen LogP contribution is -2.56. The molecule has 364 valence electrons. The fraction of sp³-hybridized carbons (Fsp3) is 0.388. The Bertz CT molecular complexity index is 3120. The van der Waals surface area contributed by atoms with Gasteiger partial charge in [0.05, 0.1) is 22.0 Å². The Kier molecular flexibility index (Phi) is 12.4. The Hall–Kier alpha value is -6.48. The van der Waals surface area contributed by atoms with E-state index in [0.717, 1.165) is 65.0 Å². The van der Waals surface area contributed by atoms with Crippen LogP contribution in [0.4, 0.5) is 11.4 Å². The van der Waals surface area contributed by atoms with Gasteiger partial charge in [-0.15, -0.1) is 11.3 Å². The Morgan fingerprint density at radius 2 is 1.76 bits per heavy atom. The highest BCUT2D eigenvalue weighted by molar-refractivity contribution is 7.90. The van der Waals surface area contributed by atoms with E-state index in [1.165, 1.54) is 6.21 Å². The molecule has 0 spiro atoms. The van der Waals surface area contributed by atoms with Gasteiger partial charge in [0.25, 0.3) is 5.91 Å². The van der Waals surface area contributed by atoms with Gasteiger partial charge in [0.1, 0.15) is 22.9 Å². The van der Waals surface area contributed by atoms with Crippen molar-refractivity contribution in [1.29, 1.82) is 0 Å².